The summed E-state index contributed by atoms with van der Waals surface area (Å²) >= 11 is 0. The Bertz CT molecular complexity index is 305. The summed E-state index contributed by atoms with van der Waals surface area (Å²) < 4.78 is 0. The molecule has 1 nitrogen and oxygen atoms in total. The summed E-state index contributed by atoms with van der Waals surface area (Å²) in [6.07, 6.45) is 4.89. The first-order chi connectivity index (χ1) is 7.36. The molecule has 3 fully saturated rings. The molecule has 92 valence electrons. The predicted octanol–water partition coefficient (Wildman–Crippen LogP) is 3.47. The Labute approximate surface area is 99.6 Å². The van der Waals surface area contributed by atoms with E-state index in [0.717, 1.165) is 30.1 Å². The molecule has 0 aromatic carbocycles. The molecule has 0 aromatic rings. The van der Waals surface area contributed by atoms with E-state index < -0.39 is 0 Å². The minimum absolute atomic E-state index is 0.376. The van der Waals surface area contributed by atoms with E-state index >= 15 is 0 Å². The van der Waals surface area contributed by atoms with E-state index in [4.69, 9.17) is 0 Å². The normalized spacial score (nSPS) is 58.7. The number of aliphatic hydroxyl groups is 1. The molecule has 1 heteroatoms. The summed E-state index contributed by atoms with van der Waals surface area (Å²) in [5, 5.41) is 10.7. The SMILES string of the molecule is C[C@H]1CC[C@H]2[C@@H]1[C@@H]1[C@@H](CC[C@@]2(C)O)C1(C)C. The van der Waals surface area contributed by atoms with Crippen LogP contribution in [0.1, 0.15) is 53.4 Å². The highest BCUT2D eigenvalue weighted by atomic mass is 16.3. The Morgan fingerprint density at radius 3 is 2.38 bits per heavy atom. The zero-order valence-corrected chi connectivity index (χ0v) is 11.2. The molecule has 3 rings (SSSR count). The van der Waals surface area contributed by atoms with Gasteiger partial charge in [-0.25, -0.2) is 0 Å². The molecule has 0 saturated heterocycles. The van der Waals surface area contributed by atoms with E-state index in [1.807, 2.05) is 0 Å². The first-order valence-electron chi connectivity index (χ1n) is 7.08. The molecule has 16 heavy (non-hydrogen) atoms. The van der Waals surface area contributed by atoms with E-state index in [9.17, 15) is 5.11 Å². The molecule has 1 N–H and O–H groups in total. The summed E-state index contributed by atoms with van der Waals surface area (Å²) in [4.78, 5) is 0. The van der Waals surface area contributed by atoms with Gasteiger partial charge >= 0.3 is 0 Å². The number of fused-ring (bicyclic) bond motifs is 3. The van der Waals surface area contributed by atoms with Crippen LogP contribution < -0.4 is 0 Å². The highest BCUT2D eigenvalue weighted by molar-refractivity contribution is 5.14. The van der Waals surface area contributed by atoms with Crippen LogP contribution in [0.25, 0.3) is 0 Å². The number of rotatable bonds is 0. The molecule has 0 bridgehead atoms. The second-order valence-electron chi connectivity index (χ2n) is 7.59. The average molecular weight is 222 g/mol. The van der Waals surface area contributed by atoms with Crippen LogP contribution in [0.5, 0.6) is 0 Å². The van der Waals surface area contributed by atoms with Crippen LogP contribution in [0.4, 0.5) is 0 Å². The van der Waals surface area contributed by atoms with E-state index in [1.54, 1.807) is 0 Å². The lowest BCUT2D eigenvalue weighted by Crippen LogP contribution is -2.38. The van der Waals surface area contributed by atoms with Gasteiger partial charge in [0.25, 0.3) is 0 Å². The monoisotopic (exact) mass is 222 g/mol. The Morgan fingerprint density at radius 2 is 1.69 bits per heavy atom. The van der Waals surface area contributed by atoms with Gasteiger partial charge in [0.15, 0.2) is 0 Å². The largest absolute Gasteiger partial charge is 0.390 e. The fourth-order valence-electron chi connectivity index (χ4n) is 5.29. The third-order valence-corrected chi connectivity index (χ3v) is 6.37. The minimum Gasteiger partial charge on any atom is -0.390 e. The molecule has 3 aliphatic carbocycles. The highest BCUT2D eigenvalue weighted by Crippen LogP contribution is 2.71. The summed E-state index contributed by atoms with van der Waals surface area (Å²) in [7, 11) is 0. The van der Waals surface area contributed by atoms with Gasteiger partial charge in [-0.3, -0.25) is 0 Å². The maximum Gasteiger partial charge on any atom is 0.0650 e. The van der Waals surface area contributed by atoms with E-state index in [0.29, 0.717) is 11.3 Å². The summed E-state index contributed by atoms with van der Waals surface area (Å²) in [5.41, 5.74) is 0.191. The Morgan fingerprint density at radius 1 is 1.00 bits per heavy atom. The van der Waals surface area contributed by atoms with Crippen molar-refractivity contribution in [3.63, 3.8) is 0 Å². The molecule has 0 amide bonds. The fourth-order valence-corrected chi connectivity index (χ4v) is 5.29. The average Bonchev–Trinajstić information content (AvgIpc) is 2.51. The molecule has 0 aromatic heterocycles. The van der Waals surface area contributed by atoms with E-state index in [2.05, 4.69) is 27.7 Å². The van der Waals surface area contributed by atoms with Crippen molar-refractivity contribution in [3.8, 4) is 0 Å². The first-order valence-corrected chi connectivity index (χ1v) is 7.08. The van der Waals surface area contributed by atoms with Crippen LogP contribution in [-0.4, -0.2) is 10.7 Å². The van der Waals surface area contributed by atoms with Crippen molar-refractivity contribution in [2.75, 3.05) is 0 Å². The molecular weight excluding hydrogens is 196 g/mol. The molecule has 0 radical (unpaired) electrons. The maximum atomic E-state index is 10.7. The smallest absolute Gasteiger partial charge is 0.0650 e. The second-order valence-corrected chi connectivity index (χ2v) is 7.59. The van der Waals surface area contributed by atoms with Gasteiger partial charge in [0, 0.05) is 0 Å². The van der Waals surface area contributed by atoms with Crippen molar-refractivity contribution in [1.29, 1.82) is 0 Å². The van der Waals surface area contributed by atoms with Crippen LogP contribution in [0.3, 0.4) is 0 Å². The van der Waals surface area contributed by atoms with Crippen LogP contribution >= 0.6 is 0 Å². The zero-order chi connectivity index (χ0) is 11.7. The lowest BCUT2D eigenvalue weighted by atomic mass is 9.74. The lowest BCUT2D eigenvalue weighted by molar-refractivity contribution is -0.0302. The van der Waals surface area contributed by atoms with Gasteiger partial charge < -0.3 is 5.11 Å². The highest BCUT2D eigenvalue weighted by Gasteiger charge is 2.66. The van der Waals surface area contributed by atoms with Gasteiger partial charge in [0.2, 0.25) is 0 Å². The van der Waals surface area contributed by atoms with Gasteiger partial charge in [-0.15, -0.1) is 0 Å². The van der Waals surface area contributed by atoms with Crippen LogP contribution in [-0.2, 0) is 0 Å². The van der Waals surface area contributed by atoms with Crippen molar-refractivity contribution in [2.45, 2.75) is 59.0 Å². The number of hydrogen-bond acceptors (Lipinski definition) is 1. The van der Waals surface area contributed by atoms with Crippen LogP contribution in [0, 0.1) is 35.0 Å². The first kappa shape index (κ1) is 11.1. The van der Waals surface area contributed by atoms with Crippen molar-refractivity contribution >= 4 is 0 Å². The molecule has 0 heterocycles. The zero-order valence-electron chi connectivity index (χ0n) is 11.2. The minimum atomic E-state index is -0.376. The molecule has 3 aliphatic rings. The molecule has 6 atom stereocenters. The van der Waals surface area contributed by atoms with Gasteiger partial charge in [-0.2, -0.15) is 0 Å². The quantitative estimate of drug-likeness (QED) is 0.665. The topological polar surface area (TPSA) is 20.2 Å². The predicted molar refractivity (Wildman–Crippen MR) is 66.0 cm³/mol. The summed E-state index contributed by atoms with van der Waals surface area (Å²) in [6.45, 7) is 9.41. The molecule has 0 unspecified atom stereocenters. The van der Waals surface area contributed by atoms with Crippen LogP contribution in [0.2, 0.25) is 0 Å². The van der Waals surface area contributed by atoms with Crippen molar-refractivity contribution in [3.05, 3.63) is 0 Å². The number of hydrogen-bond donors (Lipinski definition) is 1. The lowest BCUT2D eigenvalue weighted by Gasteiger charge is -2.35. The molecule has 0 aliphatic heterocycles. The van der Waals surface area contributed by atoms with E-state index in [1.165, 1.54) is 19.3 Å². The van der Waals surface area contributed by atoms with Crippen molar-refractivity contribution < 1.29 is 5.11 Å². The third-order valence-electron chi connectivity index (χ3n) is 6.37. The van der Waals surface area contributed by atoms with Crippen molar-refractivity contribution in [2.24, 2.45) is 35.0 Å². The Kier molecular flexibility index (Phi) is 2.11. The Hall–Kier alpha value is -0.0400. The van der Waals surface area contributed by atoms with Gasteiger partial charge in [-0.1, -0.05) is 27.2 Å². The van der Waals surface area contributed by atoms with Crippen LogP contribution in [0.15, 0.2) is 0 Å². The third kappa shape index (κ3) is 1.27. The maximum absolute atomic E-state index is 10.7. The fraction of sp³-hybridized carbons (Fsp3) is 1.00. The van der Waals surface area contributed by atoms with Gasteiger partial charge in [0.05, 0.1) is 5.60 Å². The summed E-state index contributed by atoms with van der Waals surface area (Å²) in [5.74, 6) is 4.03. The molecule has 3 saturated carbocycles. The van der Waals surface area contributed by atoms with Crippen molar-refractivity contribution in [1.82, 2.24) is 0 Å². The molecular formula is C15H26O. The molecule has 0 spiro atoms. The second kappa shape index (κ2) is 3.04. The Balaban J connectivity index is 1.94. The summed E-state index contributed by atoms with van der Waals surface area (Å²) in [6, 6.07) is 0. The van der Waals surface area contributed by atoms with E-state index in [-0.39, 0.29) is 5.60 Å². The van der Waals surface area contributed by atoms with Gasteiger partial charge in [-0.05, 0) is 61.2 Å². The van der Waals surface area contributed by atoms with Gasteiger partial charge in [0.1, 0.15) is 0 Å². The standard InChI is InChI=1S/C15H26O/c1-9-5-6-10-12(9)13-11(14(13,2)3)7-8-15(10,4)16/h9-13,16H,5-8H2,1-4H3/t9-,10-,11+,12+,13-,15+/m0/s1.